The number of fused-ring (bicyclic) bond motifs is 1. The summed E-state index contributed by atoms with van der Waals surface area (Å²) >= 11 is 0. The quantitative estimate of drug-likeness (QED) is 0.278. The molecule has 0 saturated carbocycles. The van der Waals surface area contributed by atoms with E-state index < -0.39 is 99.1 Å². The van der Waals surface area contributed by atoms with Gasteiger partial charge in [0, 0.05) is 26.7 Å². The lowest BCUT2D eigenvalue weighted by atomic mass is 9.97. The first-order valence-corrected chi connectivity index (χ1v) is 18.4. The van der Waals surface area contributed by atoms with Crippen molar-refractivity contribution in [2.45, 2.75) is 115 Å². The molecular formula is C30H52N6O10Si. The van der Waals surface area contributed by atoms with Crippen LogP contribution in [0.5, 0.6) is 0 Å². The van der Waals surface area contributed by atoms with Gasteiger partial charge >= 0.3 is 12.1 Å². The van der Waals surface area contributed by atoms with Gasteiger partial charge in [-0.2, -0.15) is 5.10 Å². The van der Waals surface area contributed by atoms with Crippen molar-refractivity contribution in [2.24, 2.45) is 5.10 Å². The van der Waals surface area contributed by atoms with E-state index in [-0.39, 0.29) is 11.5 Å². The molecule has 0 radical (unpaired) electrons. The molecule has 4 atom stereocenters. The summed E-state index contributed by atoms with van der Waals surface area (Å²) in [5, 5.41) is 20.6. The maximum Gasteiger partial charge on any atom is 0.408 e. The molecule has 0 spiro atoms. The van der Waals surface area contributed by atoms with Gasteiger partial charge in [-0.1, -0.05) is 20.8 Å². The fraction of sp³-hybridized carbons (Fsp3) is 0.767. The van der Waals surface area contributed by atoms with Gasteiger partial charge in [-0.25, -0.2) is 14.6 Å². The second-order valence-corrected chi connectivity index (χ2v) is 19.7. The van der Waals surface area contributed by atoms with E-state index in [1.54, 1.807) is 20.8 Å². The molecule has 0 aromatic rings. The van der Waals surface area contributed by atoms with Crippen molar-refractivity contribution < 1.29 is 47.8 Å². The molecule has 2 heterocycles. The number of ether oxygens (including phenoxy) is 2. The highest BCUT2D eigenvalue weighted by molar-refractivity contribution is 6.74. The van der Waals surface area contributed by atoms with Gasteiger partial charge in [-0.05, 0) is 52.8 Å². The fourth-order valence-corrected chi connectivity index (χ4v) is 5.97. The number of aliphatic hydroxyl groups is 1. The van der Waals surface area contributed by atoms with Crippen molar-refractivity contribution >= 4 is 50.2 Å². The fourth-order valence-electron chi connectivity index (χ4n) is 4.64. The molecule has 0 bridgehead atoms. The lowest BCUT2D eigenvalue weighted by Crippen LogP contribution is -2.63. The number of carbonyl (C=O) groups excluding carboxylic acids is 6. The van der Waals surface area contributed by atoms with E-state index in [0.717, 1.165) is 14.8 Å². The summed E-state index contributed by atoms with van der Waals surface area (Å²) in [6.07, 6.45) is -0.325. The standard InChI is InChI=1S/C30H52N6O10Si/c1-28(2,3)45-27(42)33-18-17-44-26(41)23(30(7,8)43)35(10)21(38)16-34(9)20(37)15-31-24(39)22-19(13-14-32-36(22)25(18)40)46-47(11,12)29(4,5)6/h14,18-19,22-23,43H,13,15-17H2,1-12H3,(H,31,39)(H,33,42)/t18-,19+,22+,23-/m1/s1. The summed E-state index contributed by atoms with van der Waals surface area (Å²) in [4.78, 5) is 82.4. The number of carbonyl (C=O) groups is 6. The number of alkyl carbamates (subject to hydrolysis) is 1. The predicted octanol–water partition coefficient (Wildman–Crippen LogP) is 0.586. The zero-order chi connectivity index (χ0) is 36.3. The average molecular weight is 685 g/mol. The van der Waals surface area contributed by atoms with Crippen LogP contribution in [0.4, 0.5) is 4.79 Å². The number of esters is 1. The molecule has 2 rings (SSSR count). The van der Waals surface area contributed by atoms with E-state index in [4.69, 9.17) is 13.9 Å². The van der Waals surface area contributed by atoms with E-state index in [1.807, 2.05) is 33.9 Å². The van der Waals surface area contributed by atoms with Crippen molar-refractivity contribution in [1.29, 1.82) is 0 Å². The van der Waals surface area contributed by atoms with Crippen molar-refractivity contribution in [2.75, 3.05) is 33.8 Å². The Morgan fingerprint density at radius 3 is 2.17 bits per heavy atom. The van der Waals surface area contributed by atoms with Crippen LogP contribution in [0.1, 0.15) is 61.8 Å². The molecule has 2 aliphatic heterocycles. The van der Waals surface area contributed by atoms with Crippen LogP contribution in [0.3, 0.4) is 0 Å². The van der Waals surface area contributed by atoms with Gasteiger partial charge in [0.2, 0.25) is 17.7 Å². The summed E-state index contributed by atoms with van der Waals surface area (Å²) in [6.45, 7) is 15.7. The first-order chi connectivity index (χ1) is 21.3. The Morgan fingerprint density at radius 2 is 1.64 bits per heavy atom. The van der Waals surface area contributed by atoms with Crippen molar-refractivity contribution in [3.63, 3.8) is 0 Å². The van der Waals surface area contributed by atoms with Crippen LogP contribution >= 0.6 is 0 Å². The Kier molecular flexibility index (Phi) is 12.4. The van der Waals surface area contributed by atoms with E-state index in [0.29, 0.717) is 0 Å². The summed E-state index contributed by atoms with van der Waals surface area (Å²) < 4.78 is 17.4. The van der Waals surface area contributed by atoms with Gasteiger partial charge in [0.05, 0.1) is 24.8 Å². The summed E-state index contributed by atoms with van der Waals surface area (Å²) in [5.74, 6) is -4.14. The van der Waals surface area contributed by atoms with Crippen molar-refractivity contribution in [3.8, 4) is 0 Å². The minimum absolute atomic E-state index is 0.162. The van der Waals surface area contributed by atoms with Gasteiger partial charge in [0.15, 0.2) is 20.4 Å². The molecule has 17 heteroatoms. The molecule has 266 valence electrons. The van der Waals surface area contributed by atoms with Gasteiger partial charge in [-0.15, -0.1) is 0 Å². The van der Waals surface area contributed by atoms with Crippen LogP contribution in [-0.4, -0.2) is 139 Å². The smallest absolute Gasteiger partial charge is 0.408 e. The summed E-state index contributed by atoms with van der Waals surface area (Å²) in [6, 6.07) is -4.58. The highest BCUT2D eigenvalue weighted by atomic mass is 28.4. The van der Waals surface area contributed by atoms with Gasteiger partial charge < -0.3 is 39.4 Å². The highest BCUT2D eigenvalue weighted by Gasteiger charge is 2.48. The Balaban J connectivity index is 2.66. The normalized spacial score (nSPS) is 24.9. The molecule has 1 saturated heterocycles. The average Bonchev–Trinajstić information content (AvgIpc) is 2.90. The maximum atomic E-state index is 14.2. The molecular weight excluding hydrogens is 632 g/mol. The molecule has 5 amide bonds. The lowest BCUT2D eigenvalue weighted by Gasteiger charge is -2.44. The number of amides is 5. The highest BCUT2D eigenvalue weighted by Crippen LogP contribution is 2.38. The Morgan fingerprint density at radius 1 is 1.04 bits per heavy atom. The molecule has 2 aliphatic rings. The molecule has 0 aromatic carbocycles. The summed E-state index contributed by atoms with van der Waals surface area (Å²) in [5.41, 5.74) is -2.77. The number of likely N-dealkylation sites (N-methyl/N-ethyl adjacent to an activating group) is 2. The number of rotatable bonds is 4. The van der Waals surface area contributed by atoms with E-state index >= 15 is 0 Å². The largest absolute Gasteiger partial charge is 0.461 e. The first-order valence-electron chi connectivity index (χ1n) is 15.5. The SMILES string of the molecule is CN1CC(=O)N(C)[C@@H](C(C)(C)O)C(=O)OC[C@@H](NC(=O)OC(C)(C)C)C(=O)N2N=CC[C@H](O[Si](C)(C)C(C)(C)C)[C@H]2C(=O)NCC1=O. The van der Waals surface area contributed by atoms with Crippen LogP contribution < -0.4 is 10.6 Å². The Hall–Kier alpha value is -3.57. The molecule has 3 N–H and O–H groups in total. The third-order valence-electron chi connectivity index (χ3n) is 8.17. The monoisotopic (exact) mass is 684 g/mol. The number of hydrogen-bond acceptors (Lipinski definition) is 11. The number of cyclic esters (lactones) is 1. The number of nitrogens with zero attached hydrogens (tertiary/aromatic N) is 4. The minimum atomic E-state index is -2.54. The lowest BCUT2D eigenvalue weighted by molar-refractivity contribution is -0.166. The maximum absolute atomic E-state index is 14.2. The van der Waals surface area contributed by atoms with Crippen LogP contribution in [0, 0.1) is 0 Å². The predicted molar refractivity (Wildman–Crippen MR) is 173 cm³/mol. The number of nitrogens with one attached hydrogen (secondary N) is 2. The topological polar surface area (TPSA) is 196 Å². The second kappa shape index (κ2) is 14.7. The Labute approximate surface area is 277 Å². The molecule has 0 unspecified atom stereocenters. The van der Waals surface area contributed by atoms with Gasteiger partial charge in [-0.3, -0.25) is 19.2 Å². The van der Waals surface area contributed by atoms with Crippen LogP contribution in [0.15, 0.2) is 5.10 Å². The van der Waals surface area contributed by atoms with Crippen molar-refractivity contribution in [3.05, 3.63) is 0 Å². The Bertz CT molecular complexity index is 1250. The number of hydrazone groups is 1. The zero-order valence-electron chi connectivity index (χ0n) is 29.6. The van der Waals surface area contributed by atoms with E-state index in [1.165, 1.54) is 34.2 Å². The van der Waals surface area contributed by atoms with Gasteiger partial charge in [0.25, 0.3) is 5.91 Å². The first kappa shape index (κ1) is 39.6. The molecule has 0 aromatic heterocycles. The molecule has 47 heavy (non-hydrogen) atoms. The van der Waals surface area contributed by atoms with E-state index in [2.05, 4.69) is 15.7 Å². The molecule has 0 aliphatic carbocycles. The van der Waals surface area contributed by atoms with E-state index in [9.17, 15) is 33.9 Å². The van der Waals surface area contributed by atoms with Gasteiger partial charge in [0.1, 0.15) is 18.2 Å². The zero-order valence-corrected chi connectivity index (χ0v) is 30.6. The summed E-state index contributed by atoms with van der Waals surface area (Å²) in [7, 11) is 0.0616. The second-order valence-electron chi connectivity index (χ2n) is 14.9. The molecule has 1 fully saturated rings. The van der Waals surface area contributed by atoms with Crippen molar-refractivity contribution in [1.82, 2.24) is 25.4 Å². The van der Waals surface area contributed by atoms with Crippen LogP contribution in [0.25, 0.3) is 0 Å². The molecule has 16 nitrogen and oxygen atoms in total. The van der Waals surface area contributed by atoms with Crippen LogP contribution in [0.2, 0.25) is 18.1 Å². The minimum Gasteiger partial charge on any atom is -0.461 e. The van der Waals surface area contributed by atoms with Crippen LogP contribution in [-0.2, 0) is 37.9 Å². The third-order valence-corrected chi connectivity index (χ3v) is 12.7. The third kappa shape index (κ3) is 10.5. The number of hydrogen-bond donors (Lipinski definition) is 3.